The van der Waals surface area contributed by atoms with Crippen LogP contribution < -0.4 is 10.5 Å². The Morgan fingerprint density at radius 2 is 2.06 bits per heavy atom. The molecule has 1 aliphatic heterocycles. The molecule has 0 amide bonds. The number of benzene rings is 1. The molecule has 0 bridgehead atoms. The minimum atomic E-state index is -0.189. The van der Waals surface area contributed by atoms with E-state index in [-0.39, 0.29) is 12.1 Å². The lowest BCUT2D eigenvalue weighted by Gasteiger charge is -2.39. The Labute approximate surface area is 95.2 Å². The van der Waals surface area contributed by atoms with Gasteiger partial charge in [0, 0.05) is 19.1 Å². The third-order valence-electron chi connectivity index (χ3n) is 2.86. The van der Waals surface area contributed by atoms with Gasteiger partial charge in [-0.15, -0.1) is 0 Å². The van der Waals surface area contributed by atoms with Gasteiger partial charge in [-0.2, -0.15) is 5.26 Å². The molecule has 0 spiro atoms. The van der Waals surface area contributed by atoms with Crippen molar-refractivity contribution < 1.29 is 4.74 Å². The monoisotopic (exact) mass is 217 g/mol. The lowest BCUT2D eigenvalue weighted by atomic mass is 10.0. The van der Waals surface area contributed by atoms with Crippen LogP contribution >= 0.6 is 0 Å². The van der Waals surface area contributed by atoms with Crippen LogP contribution in [-0.2, 0) is 0 Å². The molecule has 0 unspecified atom stereocenters. The number of ether oxygens (including phenoxy) is 1. The van der Waals surface area contributed by atoms with Crippen LogP contribution in [0.2, 0.25) is 0 Å². The molecule has 1 aliphatic rings. The number of nitrogens with two attached hydrogens (primary N) is 1. The molecule has 16 heavy (non-hydrogen) atoms. The highest BCUT2D eigenvalue weighted by atomic mass is 16.5. The van der Waals surface area contributed by atoms with Crippen molar-refractivity contribution >= 4 is 0 Å². The zero-order valence-corrected chi connectivity index (χ0v) is 9.26. The second-order valence-corrected chi connectivity index (χ2v) is 4.02. The average Bonchev–Trinajstić information content (AvgIpc) is 2.28. The fourth-order valence-electron chi connectivity index (χ4n) is 1.91. The van der Waals surface area contributed by atoms with Gasteiger partial charge in [-0.3, -0.25) is 4.90 Å². The standard InChI is InChI=1S/C12H15N3O/c1-16-11-4-2-9(3-5-11)12(6-13)15-7-10(14)8-15/h2-5,10,12H,7-8,14H2,1H3/t12-/m1/s1. The maximum absolute atomic E-state index is 9.16. The first kappa shape index (κ1) is 10.9. The van der Waals surface area contributed by atoms with E-state index in [1.165, 1.54) is 0 Å². The van der Waals surface area contributed by atoms with E-state index in [0.29, 0.717) is 0 Å². The second-order valence-electron chi connectivity index (χ2n) is 4.02. The first-order valence-electron chi connectivity index (χ1n) is 5.28. The van der Waals surface area contributed by atoms with Crippen LogP contribution in [0.5, 0.6) is 5.75 Å². The number of hydrogen-bond donors (Lipinski definition) is 1. The van der Waals surface area contributed by atoms with Gasteiger partial charge in [0.2, 0.25) is 0 Å². The second kappa shape index (κ2) is 4.52. The molecule has 2 rings (SSSR count). The van der Waals surface area contributed by atoms with Crippen molar-refractivity contribution in [1.29, 1.82) is 5.26 Å². The Bertz CT molecular complexity index is 390. The minimum Gasteiger partial charge on any atom is -0.497 e. The van der Waals surface area contributed by atoms with E-state index in [2.05, 4.69) is 11.0 Å². The van der Waals surface area contributed by atoms with Crippen LogP contribution in [0.15, 0.2) is 24.3 Å². The number of methoxy groups -OCH3 is 1. The summed E-state index contributed by atoms with van der Waals surface area (Å²) < 4.78 is 5.08. The van der Waals surface area contributed by atoms with Crippen molar-refractivity contribution in [1.82, 2.24) is 4.90 Å². The Morgan fingerprint density at radius 1 is 1.44 bits per heavy atom. The number of rotatable bonds is 3. The predicted octanol–water partition coefficient (Wildman–Crippen LogP) is 0.903. The van der Waals surface area contributed by atoms with Gasteiger partial charge in [-0.1, -0.05) is 12.1 Å². The summed E-state index contributed by atoms with van der Waals surface area (Å²) in [5.41, 5.74) is 6.71. The number of nitrogens with zero attached hydrogens (tertiary/aromatic N) is 2. The maximum atomic E-state index is 9.16. The molecule has 0 aliphatic carbocycles. The summed E-state index contributed by atoms with van der Waals surface area (Å²) in [6, 6.07) is 9.94. The van der Waals surface area contributed by atoms with E-state index >= 15 is 0 Å². The largest absolute Gasteiger partial charge is 0.497 e. The van der Waals surface area contributed by atoms with Crippen LogP contribution in [0, 0.1) is 11.3 Å². The van der Waals surface area contributed by atoms with Crippen molar-refractivity contribution in [3.8, 4) is 11.8 Å². The first-order valence-corrected chi connectivity index (χ1v) is 5.28. The highest BCUT2D eigenvalue weighted by molar-refractivity contribution is 5.32. The molecule has 0 saturated carbocycles. The molecule has 4 nitrogen and oxygen atoms in total. The number of likely N-dealkylation sites (tertiary alicyclic amines) is 1. The Morgan fingerprint density at radius 3 is 2.50 bits per heavy atom. The van der Waals surface area contributed by atoms with Crippen molar-refractivity contribution in [3.05, 3.63) is 29.8 Å². The number of hydrogen-bond acceptors (Lipinski definition) is 4. The zero-order chi connectivity index (χ0) is 11.5. The SMILES string of the molecule is COc1ccc([C@@H](C#N)N2CC(N)C2)cc1. The van der Waals surface area contributed by atoms with Crippen molar-refractivity contribution in [2.45, 2.75) is 12.1 Å². The summed E-state index contributed by atoms with van der Waals surface area (Å²) in [7, 11) is 1.63. The molecule has 0 radical (unpaired) electrons. The molecule has 2 N–H and O–H groups in total. The molecule has 1 saturated heterocycles. The van der Waals surface area contributed by atoms with Crippen LogP contribution in [0.3, 0.4) is 0 Å². The third-order valence-corrected chi connectivity index (χ3v) is 2.86. The van der Waals surface area contributed by atoms with Crippen molar-refractivity contribution in [2.75, 3.05) is 20.2 Å². The molecule has 4 heteroatoms. The van der Waals surface area contributed by atoms with Gasteiger partial charge in [0.25, 0.3) is 0 Å². The smallest absolute Gasteiger partial charge is 0.123 e. The quantitative estimate of drug-likeness (QED) is 0.817. The van der Waals surface area contributed by atoms with Gasteiger partial charge >= 0.3 is 0 Å². The summed E-state index contributed by atoms with van der Waals surface area (Å²) >= 11 is 0. The predicted molar refractivity (Wildman–Crippen MR) is 60.9 cm³/mol. The molecule has 1 heterocycles. The molecule has 1 atom stereocenters. The van der Waals surface area contributed by atoms with Gasteiger partial charge in [-0.05, 0) is 17.7 Å². The van der Waals surface area contributed by atoms with Crippen molar-refractivity contribution in [2.24, 2.45) is 5.73 Å². The molecule has 1 aromatic rings. The van der Waals surface area contributed by atoms with E-state index in [1.807, 2.05) is 24.3 Å². The zero-order valence-electron chi connectivity index (χ0n) is 9.26. The highest BCUT2D eigenvalue weighted by Crippen LogP contribution is 2.25. The van der Waals surface area contributed by atoms with E-state index in [0.717, 1.165) is 24.4 Å². The van der Waals surface area contributed by atoms with E-state index in [4.69, 9.17) is 15.7 Å². The Kier molecular flexibility index (Phi) is 3.09. The molecule has 1 fully saturated rings. The Hall–Kier alpha value is -1.57. The first-order chi connectivity index (χ1) is 7.74. The molecular formula is C12H15N3O. The van der Waals surface area contributed by atoms with Crippen LogP contribution in [0.1, 0.15) is 11.6 Å². The summed E-state index contributed by atoms with van der Waals surface area (Å²) in [6.45, 7) is 1.59. The molecule has 84 valence electrons. The van der Waals surface area contributed by atoms with Gasteiger partial charge < -0.3 is 10.5 Å². The lowest BCUT2D eigenvalue weighted by Crippen LogP contribution is -2.56. The number of nitriles is 1. The van der Waals surface area contributed by atoms with Crippen LogP contribution in [0.25, 0.3) is 0 Å². The topological polar surface area (TPSA) is 62.3 Å². The third kappa shape index (κ3) is 2.01. The van der Waals surface area contributed by atoms with E-state index < -0.39 is 0 Å². The summed E-state index contributed by atoms with van der Waals surface area (Å²) in [4.78, 5) is 2.08. The van der Waals surface area contributed by atoms with Gasteiger partial charge in [-0.25, -0.2) is 0 Å². The maximum Gasteiger partial charge on any atom is 0.123 e. The van der Waals surface area contributed by atoms with Crippen LogP contribution in [-0.4, -0.2) is 31.1 Å². The van der Waals surface area contributed by atoms with Gasteiger partial charge in [0.1, 0.15) is 11.8 Å². The van der Waals surface area contributed by atoms with E-state index in [1.54, 1.807) is 7.11 Å². The molecule has 1 aromatic carbocycles. The summed E-state index contributed by atoms with van der Waals surface area (Å²) in [5.74, 6) is 0.806. The molecule has 0 aromatic heterocycles. The van der Waals surface area contributed by atoms with E-state index in [9.17, 15) is 0 Å². The average molecular weight is 217 g/mol. The van der Waals surface area contributed by atoms with Gasteiger partial charge in [0.15, 0.2) is 0 Å². The molecular weight excluding hydrogens is 202 g/mol. The Balaban J connectivity index is 2.11. The van der Waals surface area contributed by atoms with Crippen molar-refractivity contribution in [3.63, 3.8) is 0 Å². The fourth-order valence-corrected chi connectivity index (χ4v) is 1.91. The fraction of sp³-hybridized carbons (Fsp3) is 0.417. The minimum absolute atomic E-state index is 0.189. The summed E-state index contributed by atoms with van der Waals surface area (Å²) in [6.07, 6.45) is 0. The van der Waals surface area contributed by atoms with Gasteiger partial charge in [0.05, 0.1) is 13.2 Å². The normalized spacial score (nSPS) is 18.6. The highest BCUT2D eigenvalue weighted by Gasteiger charge is 2.30. The van der Waals surface area contributed by atoms with Crippen LogP contribution in [0.4, 0.5) is 0 Å². The summed E-state index contributed by atoms with van der Waals surface area (Å²) in [5, 5.41) is 9.16. The lowest BCUT2D eigenvalue weighted by molar-refractivity contribution is 0.121.